The third kappa shape index (κ3) is 1.78. The molecule has 114 valence electrons. The molecular weight excluding hydrogens is 352 g/mol. The molecule has 0 bridgehead atoms. The van der Waals surface area contributed by atoms with Gasteiger partial charge in [0.2, 0.25) is 0 Å². The SMILES string of the molecule is Cn1nc(C(=O)O)cc1-c1c2c(c(Br)c3c1OCC3)OCC2. The van der Waals surface area contributed by atoms with Crippen LogP contribution in [0.4, 0.5) is 0 Å². The van der Waals surface area contributed by atoms with Crippen LogP contribution >= 0.6 is 15.9 Å². The maximum absolute atomic E-state index is 11.2. The summed E-state index contributed by atoms with van der Waals surface area (Å²) >= 11 is 3.62. The summed E-state index contributed by atoms with van der Waals surface area (Å²) in [6.45, 7) is 1.24. The van der Waals surface area contributed by atoms with E-state index in [9.17, 15) is 4.79 Å². The number of hydrogen-bond donors (Lipinski definition) is 1. The number of aromatic nitrogens is 2. The van der Waals surface area contributed by atoms with Crippen LogP contribution in [0.25, 0.3) is 11.3 Å². The van der Waals surface area contributed by atoms with E-state index < -0.39 is 5.97 Å². The molecule has 7 heteroatoms. The minimum atomic E-state index is -1.04. The Kier molecular flexibility index (Phi) is 2.94. The van der Waals surface area contributed by atoms with Gasteiger partial charge in [-0.3, -0.25) is 4.68 Å². The molecule has 1 aromatic heterocycles. The molecule has 0 unspecified atom stereocenters. The number of rotatable bonds is 2. The van der Waals surface area contributed by atoms with Crippen LogP contribution in [0.5, 0.6) is 11.5 Å². The fourth-order valence-corrected chi connectivity index (χ4v) is 3.86. The molecule has 22 heavy (non-hydrogen) atoms. The van der Waals surface area contributed by atoms with Gasteiger partial charge in [-0.05, 0) is 22.0 Å². The lowest BCUT2D eigenvalue weighted by Gasteiger charge is -2.15. The largest absolute Gasteiger partial charge is 0.492 e. The van der Waals surface area contributed by atoms with E-state index >= 15 is 0 Å². The fourth-order valence-electron chi connectivity index (χ4n) is 3.13. The summed E-state index contributed by atoms with van der Waals surface area (Å²) in [7, 11) is 1.74. The van der Waals surface area contributed by atoms with Gasteiger partial charge in [-0.25, -0.2) is 4.79 Å². The third-order valence-electron chi connectivity index (χ3n) is 4.09. The van der Waals surface area contributed by atoms with Crippen molar-refractivity contribution in [3.8, 4) is 22.8 Å². The summed E-state index contributed by atoms with van der Waals surface area (Å²) in [5.41, 5.74) is 3.80. The van der Waals surface area contributed by atoms with Gasteiger partial charge >= 0.3 is 5.97 Å². The normalized spacial score (nSPS) is 15.2. The molecule has 1 aromatic carbocycles. The Morgan fingerprint density at radius 2 is 1.95 bits per heavy atom. The van der Waals surface area contributed by atoms with Gasteiger partial charge in [0.15, 0.2) is 5.69 Å². The van der Waals surface area contributed by atoms with Gasteiger partial charge < -0.3 is 14.6 Å². The van der Waals surface area contributed by atoms with Gasteiger partial charge in [-0.2, -0.15) is 5.10 Å². The molecule has 6 nitrogen and oxygen atoms in total. The minimum absolute atomic E-state index is 0.0276. The molecule has 0 saturated heterocycles. The van der Waals surface area contributed by atoms with E-state index in [0.717, 1.165) is 51.2 Å². The number of fused-ring (bicyclic) bond motifs is 2. The molecule has 0 radical (unpaired) electrons. The molecule has 2 aromatic rings. The number of carboxylic acids is 1. The average molecular weight is 365 g/mol. The van der Waals surface area contributed by atoms with Crippen molar-refractivity contribution in [1.29, 1.82) is 0 Å². The zero-order chi connectivity index (χ0) is 15.4. The van der Waals surface area contributed by atoms with Gasteiger partial charge in [0.1, 0.15) is 11.5 Å². The molecule has 0 aliphatic carbocycles. The summed E-state index contributed by atoms with van der Waals surface area (Å²) in [4.78, 5) is 11.2. The number of halogens is 1. The lowest BCUT2D eigenvalue weighted by atomic mass is 9.97. The predicted molar refractivity (Wildman–Crippen MR) is 81.7 cm³/mol. The lowest BCUT2D eigenvalue weighted by Crippen LogP contribution is -2.00. The predicted octanol–water partition coefficient (Wildman–Crippen LogP) is 2.42. The molecule has 0 atom stereocenters. The zero-order valence-corrected chi connectivity index (χ0v) is 13.4. The molecule has 3 heterocycles. The van der Waals surface area contributed by atoms with Gasteiger partial charge in [0.25, 0.3) is 0 Å². The summed E-state index contributed by atoms with van der Waals surface area (Å²) in [6, 6.07) is 1.59. The quantitative estimate of drug-likeness (QED) is 0.885. The van der Waals surface area contributed by atoms with E-state index in [1.807, 2.05) is 0 Å². The number of aryl methyl sites for hydroxylation is 1. The van der Waals surface area contributed by atoms with Crippen LogP contribution in [0.15, 0.2) is 10.5 Å². The molecule has 2 aliphatic heterocycles. The lowest BCUT2D eigenvalue weighted by molar-refractivity contribution is 0.0689. The van der Waals surface area contributed by atoms with Crippen molar-refractivity contribution in [2.45, 2.75) is 12.8 Å². The van der Waals surface area contributed by atoms with Crippen molar-refractivity contribution in [1.82, 2.24) is 9.78 Å². The summed E-state index contributed by atoms with van der Waals surface area (Å²) in [5.74, 6) is 0.623. The summed E-state index contributed by atoms with van der Waals surface area (Å²) in [6.07, 6.45) is 1.58. The summed E-state index contributed by atoms with van der Waals surface area (Å²) < 4.78 is 14.1. The topological polar surface area (TPSA) is 73.6 Å². The highest BCUT2D eigenvalue weighted by atomic mass is 79.9. The molecule has 4 rings (SSSR count). The Morgan fingerprint density at radius 1 is 1.27 bits per heavy atom. The molecule has 0 saturated carbocycles. The second-order valence-corrected chi connectivity index (χ2v) is 6.14. The highest BCUT2D eigenvalue weighted by Crippen LogP contribution is 2.51. The smallest absolute Gasteiger partial charge is 0.356 e. The van der Waals surface area contributed by atoms with Crippen molar-refractivity contribution in [3.05, 3.63) is 27.4 Å². The minimum Gasteiger partial charge on any atom is -0.492 e. The van der Waals surface area contributed by atoms with Crippen molar-refractivity contribution in [2.24, 2.45) is 7.05 Å². The van der Waals surface area contributed by atoms with E-state index in [1.165, 1.54) is 0 Å². The van der Waals surface area contributed by atoms with Crippen molar-refractivity contribution < 1.29 is 19.4 Å². The first-order valence-corrected chi connectivity index (χ1v) is 7.77. The number of ether oxygens (including phenoxy) is 2. The maximum atomic E-state index is 11.2. The first-order valence-electron chi connectivity index (χ1n) is 6.98. The maximum Gasteiger partial charge on any atom is 0.356 e. The molecule has 0 fully saturated rings. The number of nitrogens with zero attached hydrogens (tertiary/aromatic N) is 2. The van der Waals surface area contributed by atoms with Crippen molar-refractivity contribution in [2.75, 3.05) is 13.2 Å². The van der Waals surface area contributed by atoms with Gasteiger partial charge in [0, 0.05) is 36.6 Å². The molecular formula is C15H13BrN2O4. The molecule has 1 N–H and O–H groups in total. The van der Waals surface area contributed by atoms with Crippen molar-refractivity contribution in [3.63, 3.8) is 0 Å². The first kappa shape index (κ1) is 13.6. The zero-order valence-electron chi connectivity index (χ0n) is 11.9. The second kappa shape index (κ2) is 4.74. The Labute approximate surface area is 134 Å². The van der Waals surface area contributed by atoms with Gasteiger partial charge in [-0.15, -0.1) is 0 Å². The van der Waals surface area contributed by atoms with Gasteiger partial charge in [0.05, 0.1) is 23.4 Å². The van der Waals surface area contributed by atoms with E-state index in [1.54, 1.807) is 17.8 Å². The van der Waals surface area contributed by atoms with E-state index in [4.69, 9.17) is 14.6 Å². The Hall–Kier alpha value is -2.02. The summed E-state index contributed by atoms with van der Waals surface area (Å²) in [5, 5.41) is 13.2. The second-order valence-electron chi connectivity index (χ2n) is 5.34. The Bertz CT molecular complexity index is 777. The van der Waals surface area contributed by atoms with E-state index in [-0.39, 0.29) is 5.69 Å². The van der Waals surface area contributed by atoms with E-state index in [0.29, 0.717) is 13.2 Å². The van der Waals surface area contributed by atoms with Crippen LogP contribution in [0, 0.1) is 0 Å². The fraction of sp³-hybridized carbons (Fsp3) is 0.333. The van der Waals surface area contributed by atoms with Gasteiger partial charge in [-0.1, -0.05) is 0 Å². The highest BCUT2D eigenvalue weighted by Gasteiger charge is 2.32. The van der Waals surface area contributed by atoms with Crippen LogP contribution in [-0.4, -0.2) is 34.1 Å². The van der Waals surface area contributed by atoms with Crippen LogP contribution < -0.4 is 9.47 Å². The van der Waals surface area contributed by atoms with Crippen LogP contribution in [-0.2, 0) is 19.9 Å². The number of aromatic carboxylic acids is 1. The number of benzene rings is 1. The number of carboxylic acid groups (broad SMARTS) is 1. The van der Waals surface area contributed by atoms with Crippen LogP contribution in [0.2, 0.25) is 0 Å². The van der Waals surface area contributed by atoms with Crippen molar-refractivity contribution >= 4 is 21.9 Å². The van der Waals surface area contributed by atoms with E-state index in [2.05, 4.69) is 21.0 Å². The number of carbonyl (C=O) groups is 1. The third-order valence-corrected chi connectivity index (χ3v) is 4.93. The van der Waals surface area contributed by atoms with Crippen LogP contribution in [0.1, 0.15) is 21.6 Å². The highest BCUT2D eigenvalue weighted by molar-refractivity contribution is 9.10. The number of hydrogen-bond acceptors (Lipinski definition) is 4. The molecule has 0 spiro atoms. The average Bonchev–Trinajstić information content (AvgIpc) is 3.19. The Balaban J connectivity index is 2.02. The Morgan fingerprint density at radius 3 is 2.64 bits per heavy atom. The molecule has 2 aliphatic rings. The van der Waals surface area contributed by atoms with Crippen LogP contribution in [0.3, 0.4) is 0 Å². The standard InChI is InChI=1S/C15H13BrN2O4/c1-18-10(6-9(17-18)15(19)20)11-7-2-4-22-14(7)12(16)8-3-5-21-13(8)11/h6H,2-5H2,1H3,(H,19,20). The monoisotopic (exact) mass is 364 g/mol. The first-order chi connectivity index (χ1) is 10.6. The molecule has 0 amide bonds.